The summed E-state index contributed by atoms with van der Waals surface area (Å²) >= 11 is 0. The van der Waals surface area contributed by atoms with Crippen LogP contribution >= 0.6 is 0 Å². The average molecular weight is 359 g/mol. The molecule has 0 aliphatic carbocycles. The van der Waals surface area contributed by atoms with Gasteiger partial charge in [-0.05, 0) is 51.3 Å². The summed E-state index contributed by atoms with van der Waals surface area (Å²) < 4.78 is 1.61. The lowest BCUT2D eigenvalue weighted by Crippen LogP contribution is -2.50. The Morgan fingerprint density at radius 3 is 2.65 bits per heavy atom. The zero-order valence-corrected chi connectivity index (χ0v) is 15.7. The number of hydrogen-bond donors (Lipinski definition) is 0. The van der Waals surface area contributed by atoms with E-state index in [4.69, 9.17) is 0 Å². The first kappa shape index (κ1) is 17.5. The van der Waals surface area contributed by atoms with Gasteiger partial charge in [0.05, 0.1) is 5.41 Å². The minimum atomic E-state index is -0.364. The smallest absolute Gasteiger partial charge is 0.272 e. The van der Waals surface area contributed by atoms with Crippen molar-refractivity contribution in [2.24, 2.45) is 12.5 Å². The third-order valence-corrected chi connectivity index (χ3v) is 6.39. The third-order valence-electron chi connectivity index (χ3n) is 6.39. The predicted molar refractivity (Wildman–Crippen MR) is 97.6 cm³/mol. The highest BCUT2D eigenvalue weighted by Gasteiger charge is 2.49. The van der Waals surface area contributed by atoms with E-state index < -0.39 is 0 Å². The molecule has 26 heavy (non-hydrogen) atoms. The van der Waals surface area contributed by atoms with Crippen molar-refractivity contribution < 1.29 is 9.59 Å². The van der Waals surface area contributed by atoms with Gasteiger partial charge >= 0.3 is 0 Å². The van der Waals surface area contributed by atoms with Crippen LogP contribution in [0.25, 0.3) is 0 Å². The van der Waals surface area contributed by atoms with Crippen molar-refractivity contribution in [2.45, 2.75) is 32.1 Å². The molecular weight excluding hydrogens is 330 g/mol. The molecule has 1 atom stereocenters. The Labute approximate surface area is 154 Å². The summed E-state index contributed by atoms with van der Waals surface area (Å²) in [4.78, 5) is 32.4. The van der Waals surface area contributed by atoms with Gasteiger partial charge in [0.25, 0.3) is 5.91 Å². The van der Waals surface area contributed by atoms with Crippen molar-refractivity contribution in [2.75, 3.05) is 45.8 Å². The zero-order chi connectivity index (χ0) is 18.1. The van der Waals surface area contributed by atoms with E-state index in [0.29, 0.717) is 12.2 Å². The van der Waals surface area contributed by atoms with Crippen LogP contribution in [0, 0.1) is 5.41 Å². The fourth-order valence-electron chi connectivity index (χ4n) is 4.80. The number of nitrogens with zero attached hydrogens (tertiary/aromatic N) is 5. The van der Waals surface area contributed by atoms with Crippen molar-refractivity contribution in [3.63, 3.8) is 0 Å². The summed E-state index contributed by atoms with van der Waals surface area (Å²) in [6.07, 6.45) is 6.89. The Morgan fingerprint density at radius 1 is 1.12 bits per heavy atom. The molecule has 0 saturated carbocycles. The van der Waals surface area contributed by atoms with E-state index in [1.165, 1.54) is 25.9 Å². The van der Waals surface area contributed by atoms with Gasteiger partial charge in [0.15, 0.2) is 0 Å². The van der Waals surface area contributed by atoms with Gasteiger partial charge in [-0.25, -0.2) is 0 Å². The van der Waals surface area contributed by atoms with Crippen LogP contribution in [-0.4, -0.2) is 82.1 Å². The molecule has 1 unspecified atom stereocenters. The first-order valence-corrected chi connectivity index (χ1v) is 9.88. The van der Waals surface area contributed by atoms with Crippen molar-refractivity contribution >= 4 is 11.8 Å². The Balaban J connectivity index is 1.40. The van der Waals surface area contributed by atoms with Gasteiger partial charge in [0, 0.05) is 46.0 Å². The van der Waals surface area contributed by atoms with Gasteiger partial charge in [0.1, 0.15) is 5.69 Å². The second-order valence-electron chi connectivity index (χ2n) is 8.04. The molecule has 142 valence electrons. The second kappa shape index (κ2) is 7.02. The summed E-state index contributed by atoms with van der Waals surface area (Å²) in [5.41, 5.74) is 0.232. The van der Waals surface area contributed by atoms with Crippen LogP contribution in [0.1, 0.15) is 42.6 Å². The van der Waals surface area contributed by atoms with E-state index in [9.17, 15) is 9.59 Å². The Bertz CT molecular complexity index is 681. The van der Waals surface area contributed by atoms with Crippen LogP contribution in [0.2, 0.25) is 0 Å². The van der Waals surface area contributed by atoms with E-state index in [2.05, 4.69) is 10.00 Å². The molecule has 3 aliphatic heterocycles. The van der Waals surface area contributed by atoms with Crippen LogP contribution in [0.15, 0.2) is 12.3 Å². The number of carbonyl (C=O) groups excluding carboxylic acids is 2. The molecule has 4 rings (SSSR count). The molecule has 0 N–H and O–H groups in total. The minimum Gasteiger partial charge on any atom is -0.341 e. The summed E-state index contributed by atoms with van der Waals surface area (Å²) in [6, 6.07) is 1.75. The SMILES string of the molecule is Cn1nccc1C(=O)N1CCCC2(CCN(CCN3CCCC3)C2=O)C1. The van der Waals surface area contributed by atoms with Gasteiger partial charge < -0.3 is 14.7 Å². The predicted octanol–water partition coefficient (Wildman–Crippen LogP) is 0.971. The second-order valence-corrected chi connectivity index (χ2v) is 8.04. The first-order valence-electron chi connectivity index (χ1n) is 9.88. The molecule has 1 aromatic heterocycles. The molecule has 1 aromatic rings. The highest BCUT2D eigenvalue weighted by Crippen LogP contribution is 2.40. The monoisotopic (exact) mass is 359 g/mol. The zero-order valence-electron chi connectivity index (χ0n) is 15.7. The van der Waals surface area contributed by atoms with E-state index in [0.717, 1.165) is 45.4 Å². The molecule has 3 aliphatic rings. The van der Waals surface area contributed by atoms with Crippen molar-refractivity contribution in [1.82, 2.24) is 24.5 Å². The maximum atomic E-state index is 13.2. The van der Waals surface area contributed by atoms with Crippen LogP contribution in [0.4, 0.5) is 0 Å². The number of piperidine rings is 1. The van der Waals surface area contributed by atoms with Crippen molar-refractivity contribution in [1.29, 1.82) is 0 Å². The lowest BCUT2D eigenvalue weighted by molar-refractivity contribution is -0.138. The number of carbonyl (C=O) groups is 2. The Morgan fingerprint density at radius 2 is 1.92 bits per heavy atom. The molecule has 3 saturated heterocycles. The Kier molecular flexibility index (Phi) is 4.73. The van der Waals surface area contributed by atoms with E-state index in [1.54, 1.807) is 24.0 Å². The quantitative estimate of drug-likeness (QED) is 0.804. The number of amides is 2. The molecule has 0 aromatic carbocycles. The molecule has 7 nitrogen and oxygen atoms in total. The third kappa shape index (κ3) is 3.13. The van der Waals surface area contributed by atoms with E-state index in [-0.39, 0.29) is 17.2 Å². The van der Waals surface area contributed by atoms with Gasteiger partial charge in [-0.2, -0.15) is 5.10 Å². The minimum absolute atomic E-state index is 0.00704. The van der Waals surface area contributed by atoms with E-state index >= 15 is 0 Å². The number of aromatic nitrogens is 2. The molecular formula is C19H29N5O2. The van der Waals surface area contributed by atoms with Gasteiger partial charge in [-0.3, -0.25) is 14.3 Å². The van der Waals surface area contributed by atoms with Gasteiger partial charge in [0.2, 0.25) is 5.91 Å². The fraction of sp³-hybridized carbons (Fsp3) is 0.737. The molecule has 2 amide bonds. The topological polar surface area (TPSA) is 61.7 Å². The molecule has 0 radical (unpaired) electrons. The largest absolute Gasteiger partial charge is 0.341 e. The normalized spacial score (nSPS) is 27.0. The van der Waals surface area contributed by atoms with E-state index in [1.807, 2.05) is 9.80 Å². The average Bonchev–Trinajstić information content (AvgIpc) is 3.37. The maximum Gasteiger partial charge on any atom is 0.272 e. The number of hydrogen-bond acceptors (Lipinski definition) is 4. The van der Waals surface area contributed by atoms with Crippen molar-refractivity contribution in [3.8, 4) is 0 Å². The summed E-state index contributed by atoms with van der Waals surface area (Å²) in [7, 11) is 1.79. The number of aryl methyl sites for hydroxylation is 1. The lowest BCUT2D eigenvalue weighted by Gasteiger charge is -2.39. The molecule has 1 spiro atoms. The summed E-state index contributed by atoms with van der Waals surface area (Å²) in [6.45, 7) is 6.26. The fourth-order valence-corrected chi connectivity index (χ4v) is 4.80. The van der Waals surface area contributed by atoms with Crippen LogP contribution in [0.3, 0.4) is 0 Å². The number of likely N-dealkylation sites (tertiary alicyclic amines) is 3. The standard InChI is InChI=1S/C19H29N5O2/c1-21-16(5-8-20-21)17(25)24-11-4-6-19(15-24)7-12-23(18(19)26)14-13-22-9-2-3-10-22/h5,8H,2-4,6-7,9-15H2,1H3. The molecule has 0 bridgehead atoms. The molecule has 7 heteroatoms. The van der Waals surface area contributed by atoms with Gasteiger partial charge in [-0.15, -0.1) is 0 Å². The summed E-state index contributed by atoms with van der Waals surface area (Å²) in [5, 5.41) is 4.10. The molecule has 3 fully saturated rings. The first-order chi connectivity index (χ1) is 12.6. The lowest BCUT2D eigenvalue weighted by atomic mass is 9.78. The summed E-state index contributed by atoms with van der Waals surface area (Å²) in [5.74, 6) is 0.256. The van der Waals surface area contributed by atoms with Crippen LogP contribution in [0.5, 0.6) is 0 Å². The highest BCUT2D eigenvalue weighted by atomic mass is 16.2. The van der Waals surface area contributed by atoms with Crippen molar-refractivity contribution in [3.05, 3.63) is 18.0 Å². The van der Waals surface area contributed by atoms with Gasteiger partial charge in [-0.1, -0.05) is 0 Å². The van der Waals surface area contributed by atoms with Crippen LogP contribution in [-0.2, 0) is 11.8 Å². The molecule has 4 heterocycles. The number of rotatable bonds is 4. The highest BCUT2D eigenvalue weighted by molar-refractivity contribution is 5.93. The van der Waals surface area contributed by atoms with Crippen LogP contribution < -0.4 is 0 Å². The Hall–Kier alpha value is -1.89. The maximum absolute atomic E-state index is 13.2.